The maximum atomic E-state index is 12.1. The predicted octanol–water partition coefficient (Wildman–Crippen LogP) is 4.35. The second-order valence-corrected chi connectivity index (χ2v) is 8.17. The van der Waals surface area contributed by atoms with Crippen LogP contribution in [-0.2, 0) is 11.3 Å². The lowest BCUT2D eigenvalue weighted by Crippen LogP contribution is -2.33. The van der Waals surface area contributed by atoms with Crippen molar-refractivity contribution in [2.24, 2.45) is 5.92 Å². The van der Waals surface area contributed by atoms with Crippen LogP contribution in [0.4, 0.5) is 5.13 Å². The molecule has 140 valence electrons. The topological polar surface area (TPSA) is 54.5 Å². The zero-order valence-electron chi connectivity index (χ0n) is 15.1. The largest absolute Gasteiger partial charge is 0.483 e. The fourth-order valence-corrected chi connectivity index (χ4v) is 4.11. The molecule has 2 aromatic rings. The van der Waals surface area contributed by atoms with Gasteiger partial charge in [0.2, 0.25) is 0 Å². The fraction of sp³-hybridized carbons (Fsp3) is 0.474. The average molecular weight is 394 g/mol. The number of ether oxygens (including phenoxy) is 1. The van der Waals surface area contributed by atoms with Gasteiger partial charge in [-0.15, -0.1) is 11.3 Å². The number of carbonyl (C=O) groups is 1. The number of carbonyl (C=O) groups excluding carboxylic acids is 1. The predicted molar refractivity (Wildman–Crippen MR) is 106 cm³/mol. The molecule has 7 heteroatoms. The van der Waals surface area contributed by atoms with E-state index in [0.717, 1.165) is 36.8 Å². The lowest BCUT2D eigenvalue weighted by molar-refractivity contribution is -0.118. The molecule has 1 N–H and O–H groups in total. The number of thiazole rings is 1. The minimum absolute atomic E-state index is 0.0545. The van der Waals surface area contributed by atoms with E-state index in [1.165, 1.54) is 24.2 Å². The zero-order chi connectivity index (χ0) is 18.5. The van der Waals surface area contributed by atoms with E-state index in [2.05, 4.69) is 22.1 Å². The number of halogens is 1. The van der Waals surface area contributed by atoms with E-state index in [4.69, 9.17) is 16.3 Å². The van der Waals surface area contributed by atoms with Gasteiger partial charge < -0.3 is 4.74 Å². The number of aryl methyl sites for hydroxylation is 1. The van der Waals surface area contributed by atoms with E-state index in [1.807, 2.05) is 18.4 Å². The first kappa shape index (κ1) is 19.1. The number of hydrogen-bond donors (Lipinski definition) is 1. The summed E-state index contributed by atoms with van der Waals surface area (Å²) in [6.45, 7) is 7.22. The molecule has 0 spiro atoms. The molecular weight excluding hydrogens is 370 g/mol. The van der Waals surface area contributed by atoms with Crippen molar-refractivity contribution in [1.29, 1.82) is 0 Å². The molecule has 1 aliphatic rings. The second-order valence-electron chi connectivity index (χ2n) is 6.87. The molecule has 1 aliphatic heterocycles. The number of hydrogen-bond acceptors (Lipinski definition) is 5. The lowest BCUT2D eigenvalue weighted by atomic mass is 10.0. The maximum absolute atomic E-state index is 12.1. The highest BCUT2D eigenvalue weighted by atomic mass is 35.5. The second kappa shape index (κ2) is 8.84. The zero-order valence-corrected chi connectivity index (χ0v) is 16.7. The molecule has 0 bridgehead atoms. The highest BCUT2D eigenvalue weighted by Gasteiger charge is 2.17. The van der Waals surface area contributed by atoms with Gasteiger partial charge in [0.25, 0.3) is 5.91 Å². The van der Waals surface area contributed by atoms with Crippen LogP contribution in [0.1, 0.15) is 31.0 Å². The minimum Gasteiger partial charge on any atom is -0.483 e. The van der Waals surface area contributed by atoms with Gasteiger partial charge in [-0.05, 0) is 56.0 Å². The summed E-state index contributed by atoms with van der Waals surface area (Å²) in [5.74, 6) is 1.19. The number of rotatable bonds is 6. The molecule has 0 aliphatic carbocycles. The van der Waals surface area contributed by atoms with Gasteiger partial charge in [0.15, 0.2) is 11.7 Å². The van der Waals surface area contributed by atoms with E-state index in [9.17, 15) is 4.79 Å². The van der Waals surface area contributed by atoms with Crippen molar-refractivity contribution < 1.29 is 9.53 Å². The van der Waals surface area contributed by atoms with Gasteiger partial charge in [-0.2, -0.15) is 0 Å². The molecule has 1 amide bonds. The number of piperidine rings is 1. The van der Waals surface area contributed by atoms with Crippen molar-refractivity contribution >= 4 is 34.0 Å². The van der Waals surface area contributed by atoms with Gasteiger partial charge in [0.1, 0.15) is 5.75 Å². The summed E-state index contributed by atoms with van der Waals surface area (Å²) < 4.78 is 5.56. The van der Waals surface area contributed by atoms with Crippen LogP contribution in [0.25, 0.3) is 0 Å². The molecule has 3 rings (SSSR count). The van der Waals surface area contributed by atoms with Gasteiger partial charge in [-0.25, -0.2) is 4.98 Å². The minimum atomic E-state index is -0.216. The van der Waals surface area contributed by atoms with Crippen LogP contribution in [0.15, 0.2) is 23.6 Å². The Balaban J connectivity index is 1.48. The van der Waals surface area contributed by atoms with Crippen molar-refractivity contribution in [3.63, 3.8) is 0 Å². The molecule has 1 fully saturated rings. The first-order valence-electron chi connectivity index (χ1n) is 8.85. The van der Waals surface area contributed by atoms with Gasteiger partial charge in [-0.1, -0.05) is 18.5 Å². The average Bonchev–Trinajstić information content (AvgIpc) is 3.01. The quantitative estimate of drug-likeness (QED) is 0.792. The van der Waals surface area contributed by atoms with Gasteiger partial charge >= 0.3 is 0 Å². The summed E-state index contributed by atoms with van der Waals surface area (Å²) in [5.41, 5.74) is 1.91. The van der Waals surface area contributed by atoms with Crippen LogP contribution < -0.4 is 10.1 Å². The highest BCUT2D eigenvalue weighted by molar-refractivity contribution is 7.13. The molecule has 1 aromatic heterocycles. The number of nitrogens with one attached hydrogen (secondary N) is 1. The Morgan fingerprint density at radius 1 is 1.50 bits per heavy atom. The normalized spacial score (nSPS) is 17.9. The summed E-state index contributed by atoms with van der Waals surface area (Å²) in [6, 6.07) is 5.33. The first-order valence-corrected chi connectivity index (χ1v) is 10.1. The van der Waals surface area contributed by atoms with Crippen molar-refractivity contribution in [1.82, 2.24) is 9.88 Å². The van der Waals surface area contributed by atoms with Crippen LogP contribution in [0, 0.1) is 12.8 Å². The van der Waals surface area contributed by atoms with Crippen LogP contribution in [0.2, 0.25) is 5.02 Å². The third-order valence-corrected chi connectivity index (χ3v) is 5.46. The summed E-state index contributed by atoms with van der Waals surface area (Å²) in [7, 11) is 0. The summed E-state index contributed by atoms with van der Waals surface area (Å²) >= 11 is 7.37. The first-order chi connectivity index (χ1) is 12.5. The van der Waals surface area contributed by atoms with Crippen molar-refractivity contribution in [2.75, 3.05) is 25.0 Å². The molecule has 0 saturated carbocycles. The molecule has 1 aromatic carbocycles. The Bertz CT molecular complexity index is 765. The Morgan fingerprint density at radius 2 is 2.35 bits per heavy atom. The fourth-order valence-electron chi connectivity index (χ4n) is 3.17. The van der Waals surface area contributed by atoms with Crippen LogP contribution in [-0.4, -0.2) is 35.5 Å². The van der Waals surface area contributed by atoms with Crippen LogP contribution in [0.3, 0.4) is 0 Å². The molecule has 1 saturated heterocycles. The smallest absolute Gasteiger partial charge is 0.264 e. The highest BCUT2D eigenvalue weighted by Crippen LogP contribution is 2.23. The molecule has 0 unspecified atom stereocenters. The number of amides is 1. The van der Waals surface area contributed by atoms with E-state index in [1.54, 1.807) is 12.1 Å². The SMILES string of the molecule is Cc1cc(Cl)ccc1OCC(=O)Nc1nc(CN2CCC[C@@H](C)C2)cs1. The summed E-state index contributed by atoms with van der Waals surface area (Å²) in [5, 5.41) is 6.09. The summed E-state index contributed by atoms with van der Waals surface area (Å²) in [4.78, 5) is 19.1. The third kappa shape index (κ3) is 5.43. The monoisotopic (exact) mass is 393 g/mol. The number of anilines is 1. The van der Waals surface area contributed by atoms with Gasteiger partial charge in [0, 0.05) is 23.5 Å². The number of nitrogens with zero attached hydrogens (tertiary/aromatic N) is 2. The molecule has 1 atom stereocenters. The molecule has 26 heavy (non-hydrogen) atoms. The third-order valence-electron chi connectivity index (χ3n) is 4.42. The number of benzene rings is 1. The van der Waals surface area contributed by atoms with Crippen molar-refractivity contribution in [2.45, 2.75) is 33.2 Å². The van der Waals surface area contributed by atoms with E-state index < -0.39 is 0 Å². The summed E-state index contributed by atoms with van der Waals surface area (Å²) in [6.07, 6.45) is 2.55. The van der Waals surface area contributed by atoms with Crippen molar-refractivity contribution in [3.8, 4) is 5.75 Å². The van der Waals surface area contributed by atoms with E-state index in [-0.39, 0.29) is 12.5 Å². The maximum Gasteiger partial charge on any atom is 0.264 e. The van der Waals surface area contributed by atoms with E-state index in [0.29, 0.717) is 15.9 Å². The molecular formula is C19H24ClN3O2S. The Kier molecular flexibility index (Phi) is 6.51. The van der Waals surface area contributed by atoms with Crippen LogP contribution in [0.5, 0.6) is 5.75 Å². The van der Waals surface area contributed by atoms with Crippen molar-refractivity contribution in [3.05, 3.63) is 39.9 Å². The number of likely N-dealkylation sites (tertiary alicyclic amines) is 1. The Morgan fingerprint density at radius 3 is 3.12 bits per heavy atom. The van der Waals surface area contributed by atoms with Crippen LogP contribution >= 0.6 is 22.9 Å². The van der Waals surface area contributed by atoms with E-state index >= 15 is 0 Å². The van der Waals surface area contributed by atoms with Gasteiger partial charge in [0.05, 0.1) is 5.69 Å². The number of aromatic nitrogens is 1. The lowest BCUT2D eigenvalue weighted by Gasteiger charge is -2.30. The molecule has 5 nitrogen and oxygen atoms in total. The molecule has 0 radical (unpaired) electrons. The Hall–Kier alpha value is -1.63. The molecule has 2 heterocycles. The standard InChI is InChI=1S/C19H24ClN3O2S/c1-13-4-3-7-23(9-13)10-16-12-26-19(21-16)22-18(24)11-25-17-6-5-15(20)8-14(17)2/h5-6,8,12-13H,3-4,7,9-11H2,1-2H3,(H,21,22,24)/t13-/m1/s1. The Labute approximate surface area is 163 Å². The van der Waals surface area contributed by atoms with Gasteiger partial charge in [-0.3, -0.25) is 15.0 Å².